The molecule has 2 N–H and O–H groups in total. The summed E-state index contributed by atoms with van der Waals surface area (Å²) in [5, 5.41) is 12.0. The van der Waals surface area contributed by atoms with Crippen molar-refractivity contribution in [1.82, 2.24) is 9.97 Å². The lowest BCUT2D eigenvalue weighted by molar-refractivity contribution is -0.149. The van der Waals surface area contributed by atoms with E-state index in [1.54, 1.807) is 12.3 Å². The Morgan fingerprint density at radius 2 is 2.37 bits per heavy atom. The van der Waals surface area contributed by atoms with Crippen molar-refractivity contribution in [2.24, 2.45) is 0 Å². The summed E-state index contributed by atoms with van der Waals surface area (Å²) in [6, 6.07) is 1.77. The van der Waals surface area contributed by atoms with Gasteiger partial charge in [-0.25, -0.2) is 9.78 Å². The van der Waals surface area contributed by atoms with Gasteiger partial charge in [0.25, 0.3) is 0 Å². The Bertz CT molecular complexity index is 452. The zero-order valence-corrected chi connectivity index (χ0v) is 11.0. The second kappa shape index (κ2) is 5.83. The zero-order valence-electron chi connectivity index (χ0n) is 11.0. The lowest BCUT2D eigenvalue weighted by Gasteiger charge is -2.14. The van der Waals surface area contributed by atoms with Crippen molar-refractivity contribution in [3.05, 3.63) is 12.3 Å². The smallest absolute Gasteiger partial charge is 0.332 e. The van der Waals surface area contributed by atoms with Gasteiger partial charge in [0.15, 0.2) is 6.10 Å². The number of aromatic nitrogens is 2. The third-order valence-electron chi connectivity index (χ3n) is 2.94. The van der Waals surface area contributed by atoms with Crippen molar-refractivity contribution in [1.29, 1.82) is 0 Å². The molecule has 0 spiro atoms. The van der Waals surface area contributed by atoms with Crippen molar-refractivity contribution in [2.75, 3.05) is 30.9 Å². The highest BCUT2D eigenvalue weighted by atomic mass is 16.5. The van der Waals surface area contributed by atoms with Crippen LogP contribution in [0.25, 0.3) is 0 Å². The van der Waals surface area contributed by atoms with E-state index in [9.17, 15) is 4.79 Å². The van der Waals surface area contributed by atoms with E-state index >= 15 is 0 Å². The maximum atomic E-state index is 10.8. The molecule has 2 unspecified atom stereocenters. The lowest BCUT2D eigenvalue weighted by atomic mass is 10.2. The molecule has 0 radical (unpaired) electrons. The number of ether oxygens (including phenoxy) is 1. The fourth-order valence-electron chi connectivity index (χ4n) is 1.92. The van der Waals surface area contributed by atoms with Gasteiger partial charge in [0.2, 0.25) is 5.95 Å². The first kappa shape index (κ1) is 13.5. The molecule has 0 amide bonds. The van der Waals surface area contributed by atoms with Gasteiger partial charge < -0.3 is 20.1 Å². The van der Waals surface area contributed by atoms with Crippen molar-refractivity contribution < 1.29 is 14.6 Å². The third kappa shape index (κ3) is 3.54. The maximum Gasteiger partial charge on any atom is 0.332 e. The maximum absolute atomic E-state index is 10.8. The van der Waals surface area contributed by atoms with Crippen LogP contribution in [0, 0.1) is 0 Å². The number of nitrogens with one attached hydrogen (secondary N) is 1. The van der Waals surface area contributed by atoms with Gasteiger partial charge in [-0.15, -0.1) is 0 Å². The van der Waals surface area contributed by atoms with Crippen molar-refractivity contribution in [3.8, 4) is 0 Å². The molecule has 1 aromatic heterocycles. The molecule has 1 aliphatic heterocycles. The van der Waals surface area contributed by atoms with E-state index in [0.29, 0.717) is 24.7 Å². The molecular formula is C12H18N4O3. The van der Waals surface area contributed by atoms with Gasteiger partial charge in [0.05, 0.1) is 6.10 Å². The average molecular weight is 266 g/mol. The number of carboxylic acid groups (broad SMARTS) is 1. The molecule has 0 aromatic carbocycles. The average Bonchev–Trinajstić information content (AvgIpc) is 2.85. The van der Waals surface area contributed by atoms with Crippen molar-refractivity contribution >= 4 is 17.7 Å². The van der Waals surface area contributed by atoms with Gasteiger partial charge >= 0.3 is 5.97 Å². The minimum atomic E-state index is -0.889. The zero-order chi connectivity index (χ0) is 13.8. The van der Waals surface area contributed by atoms with Crippen LogP contribution >= 0.6 is 0 Å². The third-order valence-corrected chi connectivity index (χ3v) is 2.94. The van der Waals surface area contributed by atoms with E-state index in [2.05, 4.69) is 15.3 Å². The molecule has 7 heteroatoms. The summed E-state index contributed by atoms with van der Waals surface area (Å²) in [6.45, 7) is 0.549. The van der Waals surface area contributed by atoms with Gasteiger partial charge in [0, 0.05) is 26.8 Å². The molecule has 0 bridgehead atoms. The first-order valence-electron chi connectivity index (χ1n) is 6.19. The van der Waals surface area contributed by atoms with E-state index < -0.39 is 12.1 Å². The monoisotopic (exact) mass is 266 g/mol. The van der Waals surface area contributed by atoms with Crippen molar-refractivity contribution in [2.45, 2.75) is 25.0 Å². The summed E-state index contributed by atoms with van der Waals surface area (Å²) in [5.41, 5.74) is 0. The molecule has 2 rings (SSSR count). The number of carboxylic acids is 1. The predicted molar refractivity (Wildman–Crippen MR) is 70.4 cm³/mol. The number of hydrogen-bond acceptors (Lipinski definition) is 6. The summed E-state index contributed by atoms with van der Waals surface area (Å²) in [5.74, 6) is 0.446. The van der Waals surface area contributed by atoms with E-state index in [4.69, 9.17) is 9.84 Å². The quantitative estimate of drug-likeness (QED) is 0.806. The van der Waals surface area contributed by atoms with E-state index in [-0.39, 0.29) is 6.10 Å². The Morgan fingerprint density at radius 3 is 3.00 bits per heavy atom. The Labute approximate surface area is 111 Å². The highest BCUT2D eigenvalue weighted by molar-refractivity contribution is 5.72. The number of hydrogen-bond donors (Lipinski definition) is 2. The minimum Gasteiger partial charge on any atom is -0.479 e. The Balaban J connectivity index is 1.86. The van der Waals surface area contributed by atoms with Crippen LogP contribution in [0.4, 0.5) is 11.8 Å². The Morgan fingerprint density at radius 1 is 1.58 bits per heavy atom. The Kier molecular flexibility index (Phi) is 4.16. The summed E-state index contributed by atoms with van der Waals surface area (Å²) < 4.78 is 5.41. The topological polar surface area (TPSA) is 87.6 Å². The summed E-state index contributed by atoms with van der Waals surface area (Å²) >= 11 is 0. The Hall–Kier alpha value is -1.89. The first-order valence-corrected chi connectivity index (χ1v) is 6.19. The number of nitrogens with zero attached hydrogens (tertiary/aromatic N) is 3. The molecule has 2 atom stereocenters. The molecule has 0 aliphatic carbocycles. The van der Waals surface area contributed by atoms with E-state index in [0.717, 1.165) is 6.42 Å². The van der Waals surface area contributed by atoms with Crippen LogP contribution in [-0.4, -0.2) is 53.9 Å². The number of anilines is 2. The molecule has 19 heavy (non-hydrogen) atoms. The SMILES string of the molecule is CN(C)c1nccc(NCC2CCC(C(=O)O)O2)n1. The van der Waals surface area contributed by atoms with E-state index in [1.165, 1.54) is 0 Å². The molecule has 7 nitrogen and oxygen atoms in total. The number of rotatable bonds is 5. The molecule has 1 aliphatic rings. The van der Waals surface area contributed by atoms with Crippen LogP contribution in [0.5, 0.6) is 0 Å². The van der Waals surface area contributed by atoms with Crippen LogP contribution < -0.4 is 10.2 Å². The molecule has 1 aromatic rings. The molecule has 0 saturated carbocycles. The second-order valence-corrected chi connectivity index (χ2v) is 4.68. The molecule has 2 heterocycles. The molecule has 1 saturated heterocycles. The normalized spacial score (nSPS) is 22.2. The number of carbonyl (C=O) groups is 1. The summed E-state index contributed by atoms with van der Waals surface area (Å²) in [6.07, 6.45) is 2.23. The highest BCUT2D eigenvalue weighted by Gasteiger charge is 2.30. The fourth-order valence-corrected chi connectivity index (χ4v) is 1.92. The van der Waals surface area contributed by atoms with Gasteiger partial charge in [-0.2, -0.15) is 4.98 Å². The van der Waals surface area contributed by atoms with Crippen LogP contribution in [0.1, 0.15) is 12.8 Å². The number of aliphatic carboxylic acids is 1. The van der Waals surface area contributed by atoms with Crippen LogP contribution in [0.15, 0.2) is 12.3 Å². The van der Waals surface area contributed by atoms with Gasteiger partial charge in [-0.1, -0.05) is 0 Å². The van der Waals surface area contributed by atoms with Crippen LogP contribution in [0.3, 0.4) is 0 Å². The van der Waals surface area contributed by atoms with Crippen LogP contribution in [0.2, 0.25) is 0 Å². The van der Waals surface area contributed by atoms with Gasteiger partial charge in [-0.3, -0.25) is 0 Å². The summed E-state index contributed by atoms with van der Waals surface area (Å²) in [4.78, 5) is 21.0. The van der Waals surface area contributed by atoms with Gasteiger partial charge in [0.1, 0.15) is 5.82 Å². The fraction of sp³-hybridized carbons (Fsp3) is 0.583. The highest BCUT2D eigenvalue weighted by Crippen LogP contribution is 2.20. The lowest BCUT2D eigenvalue weighted by Crippen LogP contribution is -2.25. The molecule has 1 fully saturated rings. The second-order valence-electron chi connectivity index (χ2n) is 4.68. The van der Waals surface area contributed by atoms with Crippen molar-refractivity contribution in [3.63, 3.8) is 0 Å². The van der Waals surface area contributed by atoms with Gasteiger partial charge in [-0.05, 0) is 18.9 Å². The standard InChI is InChI=1S/C12H18N4O3/c1-16(2)12-13-6-5-10(15-12)14-7-8-3-4-9(19-8)11(17)18/h5-6,8-9H,3-4,7H2,1-2H3,(H,17,18)(H,13,14,15). The predicted octanol–water partition coefficient (Wildman–Crippen LogP) is 0.587. The first-order chi connectivity index (χ1) is 9.06. The largest absolute Gasteiger partial charge is 0.479 e. The van der Waals surface area contributed by atoms with E-state index in [1.807, 2.05) is 19.0 Å². The summed E-state index contributed by atoms with van der Waals surface area (Å²) in [7, 11) is 3.74. The molecular weight excluding hydrogens is 248 g/mol. The molecule has 104 valence electrons. The minimum absolute atomic E-state index is 0.0844. The van der Waals surface area contributed by atoms with Crippen LogP contribution in [-0.2, 0) is 9.53 Å².